The molecule has 0 saturated carbocycles. The summed E-state index contributed by atoms with van der Waals surface area (Å²) in [4.78, 5) is 10.5. The van der Waals surface area contributed by atoms with Gasteiger partial charge in [0.25, 0.3) is 0 Å². The molecule has 5 heteroatoms. The molecule has 0 saturated heterocycles. The van der Waals surface area contributed by atoms with Gasteiger partial charge in [-0.05, 0) is 6.07 Å². The van der Waals surface area contributed by atoms with Gasteiger partial charge in [-0.3, -0.25) is 4.79 Å². The molecule has 1 aromatic rings. The first-order valence-electron chi connectivity index (χ1n) is 2.91. The molecular formula is C6H7ClN2O2. The molecule has 0 aliphatic rings. The predicted octanol–water partition coefficient (Wildman–Crippen LogP) is 0.781. The van der Waals surface area contributed by atoms with Crippen molar-refractivity contribution in [1.29, 1.82) is 0 Å². The molecule has 0 atom stereocenters. The number of halogens is 1. The van der Waals surface area contributed by atoms with Crippen molar-refractivity contribution in [2.75, 3.05) is 5.84 Å². The summed E-state index contributed by atoms with van der Waals surface area (Å²) in [5.41, 5.74) is 0. The number of nitrogen functional groups attached to an aromatic ring is 1. The Morgan fingerprint density at radius 3 is 2.82 bits per heavy atom. The quantitative estimate of drug-likeness (QED) is 0.506. The molecule has 0 aromatic carbocycles. The molecule has 1 rings (SSSR count). The lowest BCUT2D eigenvalue weighted by atomic mass is 10.6. The van der Waals surface area contributed by atoms with Crippen LogP contribution in [0.3, 0.4) is 0 Å². The van der Waals surface area contributed by atoms with Gasteiger partial charge in [0.2, 0.25) is 5.88 Å². The van der Waals surface area contributed by atoms with Crippen molar-refractivity contribution in [3.8, 4) is 5.88 Å². The highest BCUT2D eigenvalue weighted by Crippen LogP contribution is 2.23. The number of carbonyl (C=O) groups excluding carboxylic acids is 1. The smallest absolute Gasteiger partial charge is 0.309 e. The maximum absolute atomic E-state index is 10.5. The van der Waals surface area contributed by atoms with Crippen LogP contribution in [-0.4, -0.2) is 10.6 Å². The van der Waals surface area contributed by atoms with E-state index in [1.165, 1.54) is 13.1 Å². The number of aromatic nitrogens is 1. The van der Waals surface area contributed by atoms with Crippen LogP contribution in [0.15, 0.2) is 12.3 Å². The van der Waals surface area contributed by atoms with Crippen LogP contribution < -0.4 is 10.6 Å². The largest absolute Gasteiger partial charge is 0.406 e. The highest BCUT2D eigenvalue weighted by atomic mass is 35.5. The van der Waals surface area contributed by atoms with E-state index >= 15 is 0 Å². The first-order chi connectivity index (χ1) is 5.11. The summed E-state index contributed by atoms with van der Waals surface area (Å²) in [5.74, 6) is 5.06. The second kappa shape index (κ2) is 2.84. The fourth-order valence-corrected chi connectivity index (χ4v) is 0.838. The summed E-state index contributed by atoms with van der Waals surface area (Å²) in [6.45, 7) is 1.28. The third-order valence-electron chi connectivity index (χ3n) is 1.06. The van der Waals surface area contributed by atoms with Crippen molar-refractivity contribution in [1.82, 2.24) is 4.68 Å². The molecule has 0 amide bonds. The molecule has 1 aromatic heterocycles. The fourth-order valence-electron chi connectivity index (χ4n) is 0.646. The van der Waals surface area contributed by atoms with E-state index in [9.17, 15) is 4.79 Å². The topological polar surface area (TPSA) is 57.2 Å². The fraction of sp³-hybridized carbons (Fsp3) is 0.167. The number of nitrogens with two attached hydrogens (primary N) is 1. The normalized spacial score (nSPS) is 9.64. The zero-order chi connectivity index (χ0) is 8.43. The molecule has 1 heterocycles. The van der Waals surface area contributed by atoms with Gasteiger partial charge in [-0.15, -0.1) is 0 Å². The minimum absolute atomic E-state index is 0.166. The second-order valence-corrected chi connectivity index (χ2v) is 2.38. The summed E-state index contributed by atoms with van der Waals surface area (Å²) < 4.78 is 5.83. The van der Waals surface area contributed by atoms with Crippen molar-refractivity contribution in [2.45, 2.75) is 6.92 Å². The van der Waals surface area contributed by atoms with Gasteiger partial charge in [-0.25, -0.2) is 4.68 Å². The van der Waals surface area contributed by atoms with Crippen molar-refractivity contribution in [2.24, 2.45) is 0 Å². The molecule has 0 unspecified atom stereocenters. The summed E-state index contributed by atoms with van der Waals surface area (Å²) >= 11 is 5.61. The van der Waals surface area contributed by atoms with E-state index in [0.29, 0.717) is 5.02 Å². The molecule has 0 aliphatic carbocycles. The lowest BCUT2D eigenvalue weighted by Gasteiger charge is -2.01. The standard InChI is InChI=1S/C6H7ClN2O2/c1-4(10)11-6-5(7)2-3-9(6)8/h2-3H,8H2,1H3. The number of rotatable bonds is 1. The number of esters is 1. The second-order valence-electron chi connectivity index (χ2n) is 1.97. The van der Waals surface area contributed by atoms with Gasteiger partial charge in [-0.1, -0.05) is 11.6 Å². The van der Waals surface area contributed by atoms with E-state index < -0.39 is 5.97 Å². The minimum Gasteiger partial charge on any atom is -0.406 e. The number of ether oxygens (including phenoxy) is 1. The van der Waals surface area contributed by atoms with E-state index in [0.717, 1.165) is 4.68 Å². The highest BCUT2D eigenvalue weighted by molar-refractivity contribution is 6.32. The van der Waals surface area contributed by atoms with Crippen LogP contribution in [0.2, 0.25) is 5.02 Å². The van der Waals surface area contributed by atoms with Gasteiger partial charge in [0, 0.05) is 13.1 Å². The van der Waals surface area contributed by atoms with Gasteiger partial charge in [0.05, 0.1) is 0 Å². The summed E-state index contributed by atoms with van der Waals surface area (Å²) in [7, 11) is 0. The number of nitrogens with zero attached hydrogens (tertiary/aromatic N) is 1. The molecule has 0 bridgehead atoms. The number of hydrogen-bond donors (Lipinski definition) is 1. The van der Waals surface area contributed by atoms with Crippen LogP contribution in [0.1, 0.15) is 6.92 Å². The van der Waals surface area contributed by atoms with Gasteiger partial charge >= 0.3 is 5.97 Å². The van der Waals surface area contributed by atoms with Gasteiger partial charge < -0.3 is 10.6 Å². The van der Waals surface area contributed by atoms with Gasteiger partial charge in [0.15, 0.2) is 0 Å². The Kier molecular flexibility index (Phi) is 2.05. The first-order valence-corrected chi connectivity index (χ1v) is 3.29. The van der Waals surface area contributed by atoms with Crippen LogP contribution >= 0.6 is 11.6 Å². The maximum Gasteiger partial charge on any atom is 0.309 e. The van der Waals surface area contributed by atoms with Crippen molar-refractivity contribution < 1.29 is 9.53 Å². The van der Waals surface area contributed by atoms with Crippen LogP contribution in [0.25, 0.3) is 0 Å². The Labute approximate surface area is 68.5 Å². The lowest BCUT2D eigenvalue weighted by molar-refractivity contribution is -0.132. The molecule has 0 fully saturated rings. The SMILES string of the molecule is CC(=O)Oc1c(Cl)ccn1N. The van der Waals surface area contributed by atoms with Gasteiger partial charge in [-0.2, -0.15) is 0 Å². The Morgan fingerprint density at radius 1 is 1.82 bits per heavy atom. The van der Waals surface area contributed by atoms with Gasteiger partial charge in [0.1, 0.15) is 5.02 Å². The Hall–Kier alpha value is -1.16. The van der Waals surface area contributed by atoms with Crippen molar-refractivity contribution >= 4 is 17.6 Å². The Balaban J connectivity index is 2.92. The molecule has 60 valence electrons. The Morgan fingerprint density at radius 2 is 2.45 bits per heavy atom. The average Bonchev–Trinajstić information content (AvgIpc) is 2.18. The van der Waals surface area contributed by atoms with E-state index in [2.05, 4.69) is 4.74 Å². The van der Waals surface area contributed by atoms with E-state index in [4.69, 9.17) is 17.4 Å². The van der Waals surface area contributed by atoms with E-state index in [1.807, 2.05) is 0 Å². The van der Waals surface area contributed by atoms with E-state index in [-0.39, 0.29) is 5.88 Å². The van der Waals surface area contributed by atoms with Crippen molar-refractivity contribution in [3.63, 3.8) is 0 Å². The van der Waals surface area contributed by atoms with E-state index in [1.54, 1.807) is 6.07 Å². The molecule has 11 heavy (non-hydrogen) atoms. The zero-order valence-corrected chi connectivity index (χ0v) is 6.63. The predicted molar refractivity (Wildman–Crippen MR) is 40.9 cm³/mol. The van der Waals surface area contributed by atoms with Crippen LogP contribution in [0.4, 0.5) is 0 Å². The minimum atomic E-state index is -0.447. The number of carbonyl (C=O) groups is 1. The lowest BCUT2D eigenvalue weighted by Crippen LogP contribution is -2.12. The molecule has 4 nitrogen and oxygen atoms in total. The third-order valence-corrected chi connectivity index (χ3v) is 1.35. The maximum atomic E-state index is 10.5. The zero-order valence-electron chi connectivity index (χ0n) is 5.87. The van der Waals surface area contributed by atoms with Crippen LogP contribution in [-0.2, 0) is 4.79 Å². The molecule has 2 N–H and O–H groups in total. The highest BCUT2D eigenvalue weighted by Gasteiger charge is 2.08. The monoisotopic (exact) mass is 174 g/mol. The molecule has 0 aliphatic heterocycles. The van der Waals surface area contributed by atoms with Crippen LogP contribution in [0, 0.1) is 0 Å². The first kappa shape index (κ1) is 7.94. The molecule has 0 radical (unpaired) electrons. The van der Waals surface area contributed by atoms with Crippen molar-refractivity contribution in [3.05, 3.63) is 17.3 Å². The number of hydrogen-bond acceptors (Lipinski definition) is 3. The summed E-state index contributed by atoms with van der Waals surface area (Å²) in [5, 5.41) is 0.322. The van der Waals surface area contributed by atoms with Crippen LogP contribution in [0.5, 0.6) is 5.88 Å². The summed E-state index contributed by atoms with van der Waals surface area (Å²) in [6, 6.07) is 1.54. The third kappa shape index (κ3) is 1.65. The molecular weight excluding hydrogens is 168 g/mol. The summed E-state index contributed by atoms with van der Waals surface area (Å²) in [6.07, 6.45) is 1.50. The Bertz CT molecular complexity index is 263. The molecule has 0 spiro atoms. The average molecular weight is 175 g/mol.